The molecule has 3 rings (SSSR count). The molecule has 3 aromatic rings. The standard InChI is InChI=1S/C14H12N4OS/c1-17-7-8-20-14(17)16-13(19)11-9-15-18(10-11)12-5-3-2-4-6-12/h2-10H,1H3. The molecule has 0 radical (unpaired) electrons. The molecule has 0 N–H and O–H groups in total. The Morgan fingerprint density at radius 3 is 2.80 bits per heavy atom. The summed E-state index contributed by atoms with van der Waals surface area (Å²) in [6.45, 7) is 0. The van der Waals surface area contributed by atoms with E-state index in [0.29, 0.717) is 10.4 Å². The zero-order valence-corrected chi connectivity index (χ0v) is 11.6. The third kappa shape index (κ3) is 2.46. The van der Waals surface area contributed by atoms with Crippen LogP contribution < -0.4 is 4.80 Å². The van der Waals surface area contributed by atoms with Gasteiger partial charge in [0.05, 0.1) is 17.4 Å². The minimum atomic E-state index is -0.287. The molecule has 5 nitrogen and oxygen atoms in total. The van der Waals surface area contributed by atoms with Crippen molar-refractivity contribution in [1.82, 2.24) is 14.3 Å². The number of carbonyl (C=O) groups excluding carboxylic acids is 1. The van der Waals surface area contributed by atoms with Crippen LogP contribution >= 0.6 is 11.3 Å². The molecule has 2 heterocycles. The molecule has 1 amide bonds. The average Bonchev–Trinajstić information content (AvgIpc) is 3.10. The van der Waals surface area contributed by atoms with Crippen molar-refractivity contribution < 1.29 is 4.79 Å². The molecule has 100 valence electrons. The normalized spacial score (nSPS) is 11.8. The van der Waals surface area contributed by atoms with E-state index in [4.69, 9.17) is 0 Å². The lowest BCUT2D eigenvalue weighted by molar-refractivity contribution is 0.0998. The van der Waals surface area contributed by atoms with Crippen molar-refractivity contribution in [3.63, 3.8) is 0 Å². The molecule has 0 aliphatic carbocycles. The Kier molecular flexibility index (Phi) is 3.30. The van der Waals surface area contributed by atoms with Crippen molar-refractivity contribution in [3.8, 4) is 5.69 Å². The average molecular weight is 284 g/mol. The van der Waals surface area contributed by atoms with Crippen molar-refractivity contribution >= 4 is 17.2 Å². The van der Waals surface area contributed by atoms with Crippen molar-refractivity contribution in [3.05, 3.63) is 64.7 Å². The van der Waals surface area contributed by atoms with E-state index >= 15 is 0 Å². The maximum Gasteiger partial charge on any atom is 0.282 e. The zero-order valence-electron chi connectivity index (χ0n) is 10.8. The first-order chi connectivity index (χ1) is 9.74. The third-order valence-corrected chi connectivity index (χ3v) is 3.65. The lowest BCUT2D eigenvalue weighted by Crippen LogP contribution is -2.12. The Morgan fingerprint density at radius 2 is 2.10 bits per heavy atom. The molecule has 0 saturated carbocycles. The maximum atomic E-state index is 12.1. The van der Waals surface area contributed by atoms with Gasteiger partial charge in [-0.05, 0) is 12.1 Å². The van der Waals surface area contributed by atoms with E-state index in [1.165, 1.54) is 17.5 Å². The smallest absolute Gasteiger partial charge is 0.282 e. The summed E-state index contributed by atoms with van der Waals surface area (Å²) in [5, 5.41) is 6.08. The van der Waals surface area contributed by atoms with Gasteiger partial charge in [-0.3, -0.25) is 4.79 Å². The highest BCUT2D eigenvalue weighted by Gasteiger charge is 2.08. The van der Waals surface area contributed by atoms with Crippen LogP contribution in [-0.2, 0) is 7.05 Å². The summed E-state index contributed by atoms with van der Waals surface area (Å²) in [5.74, 6) is -0.287. The predicted molar refractivity (Wildman–Crippen MR) is 76.7 cm³/mol. The van der Waals surface area contributed by atoms with E-state index in [-0.39, 0.29) is 5.91 Å². The number of para-hydroxylation sites is 1. The van der Waals surface area contributed by atoms with Crippen LogP contribution in [0.5, 0.6) is 0 Å². The van der Waals surface area contributed by atoms with E-state index in [9.17, 15) is 4.79 Å². The molecule has 0 unspecified atom stereocenters. The molecule has 0 spiro atoms. The first kappa shape index (κ1) is 12.6. The van der Waals surface area contributed by atoms with Gasteiger partial charge in [-0.1, -0.05) is 18.2 Å². The zero-order chi connectivity index (χ0) is 13.9. The van der Waals surface area contributed by atoms with Crippen LogP contribution in [0, 0.1) is 0 Å². The molecule has 2 aromatic heterocycles. The number of amides is 1. The maximum absolute atomic E-state index is 12.1. The molecule has 0 atom stereocenters. The topological polar surface area (TPSA) is 52.2 Å². The second-order valence-electron chi connectivity index (χ2n) is 4.22. The van der Waals surface area contributed by atoms with Crippen molar-refractivity contribution in [1.29, 1.82) is 0 Å². The Balaban J connectivity index is 1.92. The van der Waals surface area contributed by atoms with Crippen molar-refractivity contribution in [2.75, 3.05) is 0 Å². The highest BCUT2D eigenvalue weighted by atomic mass is 32.1. The summed E-state index contributed by atoms with van der Waals surface area (Å²) < 4.78 is 3.47. The Labute approximate surface area is 119 Å². The molecule has 0 aliphatic heterocycles. The van der Waals surface area contributed by atoms with Crippen LogP contribution in [0.2, 0.25) is 0 Å². The third-order valence-electron chi connectivity index (χ3n) is 2.81. The van der Waals surface area contributed by atoms with Crippen molar-refractivity contribution in [2.24, 2.45) is 12.0 Å². The number of carbonyl (C=O) groups is 1. The largest absolute Gasteiger partial charge is 0.327 e. The summed E-state index contributed by atoms with van der Waals surface area (Å²) in [6, 6.07) is 9.64. The summed E-state index contributed by atoms with van der Waals surface area (Å²) >= 11 is 1.42. The number of benzene rings is 1. The first-order valence-electron chi connectivity index (χ1n) is 6.03. The number of hydrogen-bond acceptors (Lipinski definition) is 3. The summed E-state index contributed by atoms with van der Waals surface area (Å²) in [6.07, 6.45) is 5.09. The second-order valence-corrected chi connectivity index (χ2v) is 5.10. The van der Waals surface area contributed by atoms with Gasteiger partial charge in [0.2, 0.25) is 0 Å². The molecule has 6 heteroatoms. The van der Waals surface area contributed by atoms with Crippen LogP contribution in [0.25, 0.3) is 5.69 Å². The van der Waals surface area contributed by atoms with E-state index in [1.807, 2.05) is 53.5 Å². The highest BCUT2D eigenvalue weighted by Crippen LogP contribution is 2.08. The second kappa shape index (κ2) is 5.26. The minimum Gasteiger partial charge on any atom is -0.327 e. The molecule has 0 saturated heterocycles. The van der Waals surface area contributed by atoms with Gasteiger partial charge < -0.3 is 4.57 Å². The highest BCUT2D eigenvalue weighted by molar-refractivity contribution is 7.07. The lowest BCUT2D eigenvalue weighted by Gasteiger charge is -1.98. The first-order valence-corrected chi connectivity index (χ1v) is 6.91. The number of hydrogen-bond donors (Lipinski definition) is 0. The van der Waals surface area contributed by atoms with Gasteiger partial charge in [0.1, 0.15) is 0 Å². The molecule has 20 heavy (non-hydrogen) atoms. The lowest BCUT2D eigenvalue weighted by atomic mass is 10.3. The van der Waals surface area contributed by atoms with Gasteiger partial charge in [0.15, 0.2) is 4.80 Å². The van der Waals surface area contributed by atoms with Crippen LogP contribution in [0.3, 0.4) is 0 Å². The number of thiazole rings is 1. The molecular formula is C14H12N4OS. The van der Waals surface area contributed by atoms with Gasteiger partial charge in [-0.2, -0.15) is 10.1 Å². The number of aromatic nitrogens is 3. The predicted octanol–water partition coefficient (Wildman–Crippen LogP) is 2.01. The van der Waals surface area contributed by atoms with Crippen molar-refractivity contribution in [2.45, 2.75) is 0 Å². The SMILES string of the molecule is Cn1ccsc1=NC(=O)c1cnn(-c2ccccc2)c1. The van der Waals surface area contributed by atoms with Crippen LogP contribution in [0.1, 0.15) is 10.4 Å². The van der Waals surface area contributed by atoms with Gasteiger partial charge in [0.25, 0.3) is 5.91 Å². The Bertz CT molecular complexity index is 798. The Hall–Kier alpha value is -2.47. The van der Waals surface area contributed by atoms with Crippen LogP contribution in [0.4, 0.5) is 0 Å². The van der Waals surface area contributed by atoms with E-state index < -0.39 is 0 Å². The van der Waals surface area contributed by atoms with E-state index in [2.05, 4.69) is 10.1 Å². The summed E-state index contributed by atoms with van der Waals surface area (Å²) in [7, 11) is 1.86. The number of nitrogens with zero attached hydrogens (tertiary/aromatic N) is 4. The van der Waals surface area contributed by atoms with Crippen LogP contribution in [-0.4, -0.2) is 20.3 Å². The summed E-state index contributed by atoms with van der Waals surface area (Å²) in [5.41, 5.74) is 1.38. The quantitative estimate of drug-likeness (QED) is 0.723. The molecule has 0 fully saturated rings. The van der Waals surface area contributed by atoms with Gasteiger partial charge in [-0.25, -0.2) is 4.68 Å². The Morgan fingerprint density at radius 1 is 1.30 bits per heavy atom. The molecule has 1 aromatic carbocycles. The van der Waals surface area contributed by atoms with Crippen LogP contribution in [0.15, 0.2) is 59.3 Å². The minimum absolute atomic E-state index is 0.287. The monoisotopic (exact) mass is 284 g/mol. The van der Waals surface area contributed by atoms with Gasteiger partial charge >= 0.3 is 0 Å². The molecule has 0 bridgehead atoms. The fourth-order valence-corrected chi connectivity index (χ4v) is 2.47. The summed E-state index contributed by atoms with van der Waals surface area (Å²) in [4.78, 5) is 16.8. The number of rotatable bonds is 2. The van der Waals surface area contributed by atoms with Gasteiger partial charge in [-0.15, -0.1) is 11.3 Å². The van der Waals surface area contributed by atoms with E-state index in [0.717, 1.165) is 5.69 Å². The fraction of sp³-hybridized carbons (Fsp3) is 0.0714. The molecular weight excluding hydrogens is 272 g/mol. The number of aryl methyl sites for hydroxylation is 1. The fourth-order valence-electron chi connectivity index (χ4n) is 1.74. The van der Waals surface area contributed by atoms with E-state index in [1.54, 1.807) is 10.9 Å². The molecule has 0 aliphatic rings. The van der Waals surface area contributed by atoms with Gasteiger partial charge in [0, 0.05) is 24.8 Å².